The van der Waals surface area contributed by atoms with Gasteiger partial charge in [-0.25, -0.2) is 18.2 Å². The number of hydrogen-bond acceptors (Lipinski definition) is 3. The lowest BCUT2D eigenvalue weighted by molar-refractivity contribution is -0.118. The van der Waals surface area contributed by atoms with E-state index in [1.807, 2.05) is 0 Å². The summed E-state index contributed by atoms with van der Waals surface area (Å²) in [4.78, 5) is 15.8. The van der Waals surface area contributed by atoms with Crippen LogP contribution in [-0.4, -0.2) is 17.5 Å². The third kappa shape index (κ3) is 2.48. The summed E-state index contributed by atoms with van der Waals surface area (Å²) < 4.78 is 46.5. The molecule has 1 aliphatic heterocycles. The zero-order valence-corrected chi connectivity index (χ0v) is 13.0. The number of pyridine rings is 1. The average molecular weight is 344 g/mol. The molecule has 0 radical (unpaired) electrons. The number of nitrogens with one attached hydrogen (secondary N) is 1. The Hall–Kier alpha value is -3.09. The molecule has 0 fully saturated rings. The van der Waals surface area contributed by atoms with Crippen LogP contribution < -0.4 is 10.1 Å². The molecule has 0 aliphatic carbocycles. The third-order valence-electron chi connectivity index (χ3n) is 4.03. The molecule has 4 nitrogen and oxygen atoms in total. The summed E-state index contributed by atoms with van der Waals surface area (Å²) in [6, 6.07) is 6.52. The van der Waals surface area contributed by atoms with Gasteiger partial charge in [0, 0.05) is 10.9 Å². The number of benzene rings is 2. The van der Waals surface area contributed by atoms with Crippen LogP contribution in [0.3, 0.4) is 0 Å². The standard InChI is InChI=1S/C18H11F3N2O2/c1-8-4-12(9-2-3-10(19)11(20)5-9)22-13-6-14-18(17(21)16(8)13)25-7-15(24)23-14/h2-6H,7H2,1H3,(H,23,24). The van der Waals surface area contributed by atoms with E-state index >= 15 is 0 Å². The first-order valence-corrected chi connectivity index (χ1v) is 7.46. The molecule has 7 heteroatoms. The van der Waals surface area contributed by atoms with Gasteiger partial charge in [0.1, 0.15) is 0 Å². The van der Waals surface area contributed by atoms with Gasteiger partial charge in [0.2, 0.25) is 0 Å². The molecule has 2 aromatic carbocycles. The van der Waals surface area contributed by atoms with Gasteiger partial charge < -0.3 is 10.1 Å². The molecule has 25 heavy (non-hydrogen) atoms. The zero-order valence-electron chi connectivity index (χ0n) is 13.0. The Morgan fingerprint density at radius 2 is 1.92 bits per heavy atom. The molecule has 1 aromatic heterocycles. The van der Waals surface area contributed by atoms with Gasteiger partial charge in [-0.15, -0.1) is 0 Å². The van der Waals surface area contributed by atoms with Crippen LogP contribution in [0.1, 0.15) is 5.56 Å². The Bertz CT molecular complexity index is 1050. The van der Waals surface area contributed by atoms with Crippen molar-refractivity contribution in [1.29, 1.82) is 0 Å². The van der Waals surface area contributed by atoms with Crippen molar-refractivity contribution in [2.45, 2.75) is 6.92 Å². The lowest BCUT2D eigenvalue weighted by atomic mass is 10.0. The van der Waals surface area contributed by atoms with Gasteiger partial charge in [-0.05, 0) is 42.8 Å². The molecule has 4 rings (SSSR count). The molecule has 1 amide bonds. The molecular weight excluding hydrogens is 333 g/mol. The van der Waals surface area contributed by atoms with E-state index in [1.165, 1.54) is 12.1 Å². The van der Waals surface area contributed by atoms with E-state index < -0.39 is 17.5 Å². The molecule has 0 unspecified atom stereocenters. The Labute approximate surface area is 140 Å². The van der Waals surface area contributed by atoms with Gasteiger partial charge in [0.15, 0.2) is 29.8 Å². The summed E-state index contributed by atoms with van der Waals surface area (Å²) in [7, 11) is 0. The molecule has 1 aliphatic rings. The van der Waals surface area contributed by atoms with E-state index in [9.17, 15) is 18.0 Å². The fraction of sp³-hybridized carbons (Fsp3) is 0.111. The highest BCUT2D eigenvalue weighted by Gasteiger charge is 2.24. The molecule has 0 bridgehead atoms. The molecule has 0 saturated heterocycles. The van der Waals surface area contributed by atoms with Gasteiger partial charge in [-0.2, -0.15) is 0 Å². The maximum Gasteiger partial charge on any atom is 0.262 e. The summed E-state index contributed by atoms with van der Waals surface area (Å²) >= 11 is 0. The fourth-order valence-electron chi connectivity index (χ4n) is 2.88. The van der Waals surface area contributed by atoms with Gasteiger partial charge in [-0.1, -0.05) is 0 Å². The normalized spacial score (nSPS) is 13.4. The minimum absolute atomic E-state index is 0.0300. The van der Waals surface area contributed by atoms with Gasteiger partial charge in [-0.3, -0.25) is 4.79 Å². The van der Waals surface area contributed by atoms with Crippen molar-refractivity contribution in [2.75, 3.05) is 11.9 Å². The molecule has 2 heterocycles. The highest BCUT2D eigenvalue weighted by molar-refractivity contribution is 6.00. The smallest absolute Gasteiger partial charge is 0.262 e. The first kappa shape index (κ1) is 15.4. The van der Waals surface area contributed by atoms with E-state index in [0.717, 1.165) is 12.1 Å². The number of rotatable bonds is 1. The van der Waals surface area contributed by atoms with Crippen LogP contribution in [0.15, 0.2) is 30.3 Å². The van der Waals surface area contributed by atoms with Crippen molar-refractivity contribution in [3.05, 3.63) is 53.3 Å². The second-order valence-corrected chi connectivity index (χ2v) is 5.75. The largest absolute Gasteiger partial charge is 0.478 e. The van der Waals surface area contributed by atoms with Crippen LogP contribution in [0.25, 0.3) is 22.2 Å². The Morgan fingerprint density at radius 3 is 2.68 bits per heavy atom. The summed E-state index contributed by atoms with van der Waals surface area (Å²) in [6.45, 7) is 1.43. The van der Waals surface area contributed by atoms with Crippen LogP contribution in [0.2, 0.25) is 0 Å². The number of aromatic nitrogens is 1. The highest BCUT2D eigenvalue weighted by atomic mass is 19.2. The number of aryl methyl sites for hydroxylation is 1. The molecular formula is C18H11F3N2O2. The van der Waals surface area contributed by atoms with Crippen LogP contribution in [0.5, 0.6) is 5.75 Å². The van der Waals surface area contributed by atoms with Crippen molar-refractivity contribution < 1.29 is 22.7 Å². The van der Waals surface area contributed by atoms with E-state index in [2.05, 4.69) is 10.3 Å². The highest BCUT2D eigenvalue weighted by Crippen LogP contribution is 2.38. The van der Waals surface area contributed by atoms with E-state index in [4.69, 9.17) is 4.74 Å². The predicted molar refractivity (Wildman–Crippen MR) is 85.9 cm³/mol. The van der Waals surface area contributed by atoms with E-state index in [0.29, 0.717) is 16.8 Å². The number of carbonyl (C=O) groups is 1. The van der Waals surface area contributed by atoms with Crippen molar-refractivity contribution in [3.63, 3.8) is 0 Å². The van der Waals surface area contributed by atoms with Gasteiger partial charge >= 0.3 is 0 Å². The van der Waals surface area contributed by atoms with Gasteiger partial charge in [0.05, 0.1) is 16.9 Å². The summed E-state index contributed by atoms with van der Waals surface area (Å²) in [5.74, 6) is -2.98. The van der Waals surface area contributed by atoms with Crippen LogP contribution in [0, 0.1) is 24.4 Å². The molecule has 0 spiro atoms. The number of ether oxygens (including phenoxy) is 1. The van der Waals surface area contributed by atoms with Crippen LogP contribution in [-0.2, 0) is 4.79 Å². The Kier molecular flexibility index (Phi) is 3.38. The molecule has 126 valence electrons. The number of halogens is 3. The monoisotopic (exact) mass is 344 g/mol. The molecule has 3 aromatic rings. The van der Waals surface area contributed by atoms with Crippen molar-refractivity contribution >= 4 is 22.5 Å². The third-order valence-corrected chi connectivity index (χ3v) is 4.03. The number of fused-ring (bicyclic) bond motifs is 2. The van der Waals surface area contributed by atoms with Crippen molar-refractivity contribution in [2.24, 2.45) is 0 Å². The quantitative estimate of drug-likeness (QED) is 0.727. The number of anilines is 1. The van der Waals surface area contributed by atoms with E-state index in [1.54, 1.807) is 13.0 Å². The summed E-state index contributed by atoms with van der Waals surface area (Å²) in [6.07, 6.45) is 0. The molecule has 0 saturated carbocycles. The topological polar surface area (TPSA) is 51.2 Å². The number of carbonyl (C=O) groups excluding carboxylic acids is 1. The number of nitrogens with zero attached hydrogens (tertiary/aromatic N) is 1. The minimum Gasteiger partial charge on any atom is -0.478 e. The molecule has 0 atom stereocenters. The first-order valence-electron chi connectivity index (χ1n) is 7.46. The lowest BCUT2D eigenvalue weighted by Crippen LogP contribution is -2.26. The maximum atomic E-state index is 14.8. The Morgan fingerprint density at radius 1 is 1.12 bits per heavy atom. The summed E-state index contributed by atoms with van der Waals surface area (Å²) in [5, 5.41) is 2.79. The summed E-state index contributed by atoms with van der Waals surface area (Å²) in [5.41, 5.74) is 1.76. The second kappa shape index (κ2) is 5.47. The average Bonchev–Trinajstić information content (AvgIpc) is 2.56. The minimum atomic E-state index is -0.991. The Balaban J connectivity index is 1.95. The van der Waals surface area contributed by atoms with E-state index in [-0.39, 0.29) is 34.9 Å². The van der Waals surface area contributed by atoms with Crippen LogP contribution >= 0.6 is 0 Å². The fourth-order valence-corrected chi connectivity index (χ4v) is 2.88. The van der Waals surface area contributed by atoms with Gasteiger partial charge in [0.25, 0.3) is 5.91 Å². The second-order valence-electron chi connectivity index (χ2n) is 5.75. The lowest BCUT2D eigenvalue weighted by Gasteiger charge is -2.20. The SMILES string of the molecule is Cc1cc(-c2ccc(F)c(F)c2)nc2cc3c(c(F)c12)OCC(=O)N3. The predicted octanol–water partition coefficient (Wildman–Crippen LogP) is 3.96. The van der Waals surface area contributed by atoms with Crippen molar-refractivity contribution in [3.8, 4) is 17.0 Å². The van der Waals surface area contributed by atoms with Crippen LogP contribution in [0.4, 0.5) is 18.9 Å². The van der Waals surface area contributed by atoms with Crippen molar-refractivity contribution in [1.82, 2.24) is 4.98 Å². The maximum absolute atomic E-state index is 14.8. The number of amides is 1. The molecule has 1 N–H and O–H groups in total. The first-order chi connectivity index (χ1) is 11.9. The zero-order chi connectivity index (χ0) is 17.7. The number of hydrogen-bond donors (Lipinski definition) is 1.